The van der Waals surface area contributed by atoms with Gasteiger partial charge in [0.2, 0.25) is 5.91 Å². The summed E-state index contributed by atoms with van der Waals surface area (Å²) in [4.78, 5) is 27.0. The fraction of sp³-hybridized carbons (Fsp3) is 0.440. The molecule has 0 saturated heterocycles. The number of anilines is 1. The maximum atomic E-state index is 14.0. The fourth-order valence-corrected chi connectivity index (χ4v) is 4.07. The van der Waals surface area contributed by atoms with Gasteiger partial charge in [0.15, 0.2) is 11.5 Å². The first-order chi connectivity index (χ1) is 16.4. The van der Waals surface area contributed by atoms with Gasteiger partial charge in [-0.2, -0.15) is 0 Å². The predicted octanol–water partition coefficient (Wildman–Crippen LogP) is 4.25. The third-order valence-electron chi connectivity index (χ3n) is 5.49. The van der Waals surface area contributed by atoms with Gasteiger partial charge in [-0.3, -0.25) is 14.5 Å². The lowest BCUT2D eigenvalue weighted by molar-refractivity contribution is -0.145. The number of nitrogens with one attached hydrogen (secondary N) is 1. The quantitative estimate of drug-likeness (QED) is 0.517. The molecule has 9 heteroatoms. The van der Waals surface area contributed by atoms with E-state index >= 15 is 0 Å². The minimum absolute atomic E-state index is 0.0298. The first-order valence-corrected chi connectivity index (χ1v) is 11.4. The molecule has 184 valence electrons. The Balaban J connectivity index is 1.88. The van der Waals surface area contributed by atoms with Crippen molar-refractivity contribution >= 4 is 17.6 Å². The Morgan fingerprint density at radius 2 is 1.74 bits per heavy atom. The van der Waals surface area contributed by atoms with Crippen molar-refractivity contribution in [3.05, 3.63) is 53.1 Å². The molecule has 0 saturated carbocycles. The number of fused-ring (bicyclic) bond motifs is 1. The van der Waals surface area contributed by atoms with E-state index in [9.17, 15) is 18.4 Å². The lowest BCUT2D eigenvalue weighted by atomic mass is 9.90. The number of amides is 1. The molecule has 34 heavy (non-hydrogen) atoms. The maximum absolute atomic E-state index is 14.0. The van der Waals surface area contributed by atoms with Crippen molar-refractivity contribution in [2.45, 2.75) is 39.7 Å². The van der Waals surface area contributed by atoms with Crippen molar-refractivity contribution in [3.8, 4) is 11.5 Å². The molecule has 0 aliphatic carbocycles. The minimum atomic E-state index is -0.730. The summed E-state index contributed by atoms with van der Waals surface area (Å²) < 4.78 is 44.1. The fourth-order valence-electron chi connectivity index (χ4n) is 4.07. The zero-order chi connectivity index (χ0) is 24.7. The molecule has 3 rings (SSSR count). The summed E-state index contributed by atoms with van der Waals surface area (Å²) in [5.74, 6) is -1.11. The van der Waals surface area contributed by atoms with E-state index in [4.69, 9.17) is 14.2 Å². The Labute approximate surface area is 198 Å². The SMILES string of the molecule is CCOC(=O)C[C@H]1c2cc(OCC)c(OCC)cc2CCN1CC(=O)Nc1cc(F)ccc1F. The summed E-state index contributed by atoms with van der Waals surface area (Å²) in [6.45, 7) is 7.01. The largest absolute Gasteiger partial charge is 0.490 e. The van der Waals surface area contributed by atoms with Gasteiger partial charge < -0.3 is 19.5 Å². The number of carbonyl (C=O) groups excluding carboxylic acids is 2. The third-order valence-corrected chi connectivity index (χ3v) is 5.49. The van der Waals surface area contributed by atoms with Gasteiger partial charge in [-0.15, -0.1) is 0 Å². The molecule has 0 aromatic heterocycles. The summed E-state index contributed by atoms with van der Waals surface area (Å²) in [6.07, 6.45) is 0.644. The smallest absolute Gasteiger partial charge is 0.307 e. The van der Waals surface area contributed by atoms with E-state index in [0.717, 1.165) is 29.3 Å². The van der Waals surface area contributed by atoms with Crippen molar-refractivity contribution in [1.29, 1.82) is 0 Å². The molecule has 0 bridgehead atoms. The van der Waals surface area contributed by atoms with Gasteiger partial charge >= 0.3 is 5.97 Å². The Hall–Kier alpha value is -3.20. The number of hydrogen-bond acceptors (Lipinski definition) is 6. The van der Waals surface area contributed by atoms with E-state index < -0.39 is 29.6 Å². The highest BCUT2D eigenvalue weighted by Gasteiger charge is 2.32. The van der Waals surface area contributed by atoms with Crippen LogP contribution in [0, 0.1) is 11.6 Å². The van der Waals surface area contributed by atoms with E-state index in [0.29, 0.717) is 37.7 Å². The number of esters is 1. The summed E-state index contributed by atoms with van der Waals surface area (Å²) in [7, 11) is 0. The van der Waals surface area contributed by atoms with Crippen LogP contribution in [0.25, 0.3) is 0 Å². The van der Waals surface area contributed by atoms with Gasteiger partial charge in [0.1, 0.15) is 11.6 Å². The number of benzene rings is 2. The summed E-state index contributed by atoms with van der Waals surface area (Å²) in [5.41, 5.74) is 1.61. The molecular formula is C25H30F2N2O5. The predicted molar refractivity (Wildman–Crippen MR) is 123 cm³/mol. The molecule has 1 aliphatic heterocycles. The lowest BCUT2D eigenvalue weighted by Crippen LogP contribution is -2.41. The normalized spacial score (nSPS) is 15.4. The first kappa shape index (κ1) is 25.4. The van der Waals surface area contributed by atoms with Crippen LogP contribution in [0.5, 0.6) is 11.5 Å². The molecule has 7 nitrogen and oxygen atoms in total. The van der Waals surface area contributed by atoms with Crippen LogP contribution >= 0.6 is 0 Å². The van der Waals surface area contributed by atoms with Crippen molar-refractivity contribution in [2.75, 3.05) is 38.2 Å². The molecular weight excluding hydrogens is 446 g/mol. The number of carbonyl (C=O) groups is 2. The molecule has 0 spiro atoms. The molecule has 2 aromatic carbocycles. The van der Waals surface area contributed by atoms with Crippen molar-refractivity contribution in [1.82, 2.24) is 4.90 Å². The van der Waals surface area contributed by atoms with Gasteiger partial charge in [-0.25, -0.2) is 8.78 Å². The minimum Gasteiger partial charge on any atom is -0.490 e. The molecule has 1 amide bonds. The Bertz CT molecular complexity index is 1030. The van der Waals surface area contributed by atoms with Crippen LogP contribution in [0.4, 0.5) is 14.5 Å². The number of rotatable bonds is 10. The molecule has 2 aromatic rings. The molecule has 1 heterocycles. The zero-order valence-corrected chi connectivity index (χ0v) is 19.7. The van der Waals surface area contributed by atoms with E-state index in [-0.39, 0.29) is 25.3 Å². The van der Waals surface area contributed by atoms with Crippen molar-refractivity contribution in [3.63, 3.8) is 0 Å². The molecule has 1 N–H and O–H groups in total. The maximum Gasteiger partial charge on any atom is 0.307 e. The van der Waals surface area contributed by atoms with Crippen molar-refractivity contribution in [2.24, 2.45) is 0 Å². The second-order valence-electron chi connectivity index (χ2n) is 7.78. The van der Waals surface area contributed by atoms with Gasteiger partial charge in [-0.05, 0) is 62.6 Å². The average molecular weight is 477 g/mol. The topological polar surface area (TPSA) is 77.1 Å². The van der Waals surface area contributed by atoms with Crippen LogP contribution in [0.3, 0.4) is 0 Å². The molecule has 1 atom stereocenters. The van der Waals surface area contributed by atoms with Crippen LogP contribution in [-0.2, 0) is 20.7 Å². The van der Waals surface area contributed by atoms with Crippen LogP contribution in [0.2, 0.25) is 0 Å². The van der Waals surface area contributed by atoms with E-state index in [1.165, 1.54) is 0 Å². The number of halogens is 2. The summed E-state index contributed by atoms with van der Waals surface area (Å²) in [5, 5.41) is 2.42. The molecule has 0 fully saturated rings. The molecule has 0 radical (unpaired) electrons. The third kappa shape index (κ3) is 6.22. The van der Waals surface area contributed by atoms with E-state index in [2.05, 4.69) is 5.32 Å². The second kappa shape index (κ2) is 11.8. The highest BCUT2D eigenvalue weighted by atomic mass is 19.1. The van der Waals surface area contributed by atoms with Gasteiger partial charge in [0.05, 0.1) is 38.5 Å². The highest BCUT2D eigenvalue weighted by Crippen LogP contribution is 2.40. The number of hydrogen-bond donors (Lipinski definition) is 1. The van der Waals surface area contributed by atoms with Gasteiger partial charge in [-0.1, -0.05) is 0 Å². The highest BCUT2D eigenvalue weighted by molar-refractivity contribution is 5.92. The molecule has 1 aliphatic rings. The second-order valence-corrected chi connectivity index (χ2v) is 7.78. The number of ether oxygens (including phenoxy) is 3. The monoisotopic (exact) mass is 476 g/mol. The van der Waals surface area contributed by atoms with Crippen LogP contribution in [0.15, 0.2) is 30.3 Å². The Kier molecular flexibility index (Phi) is 8.81. The lowest BCUT2D eigenvalue weighted by Gasteiger charge is -2.37. The number of nitrogens with zero attached hydrogens (tertiary/aromatic N) is 1. The van der Waals surface area contributed by atoms with E-state index in [1.54, 1.807) is 6.92 Å². The zero-order valence-electron chi connectivity index (χ0n) is 19.7. The molecule has 0 unspecified atom stereocenters. The van der Waals surface area contributed by atoms with Gasteiger partial charge in [0, 0.05) is 18.7 Å². The van der Waals surface area contributed by atoms with Crippen LogP contribution in [-0.4, -0.2) is 49.7 Å². The summed E-state index contributed by atoms with van der Waals surface area (Å²) in [6, 6.07) is 6.18. The van der Waals surface area contributed by atoms with Crippen LogP contribution < -0.4 is 14.8 Å². The first-order valence-electron chi connectivity index (χ1n) is 11.4. The average Bonchev–Trinajstić information content (AvgIpc) is 2.79. The van der Waals surface area contributed by atoms with E-state index in [1.807, 2.05) is 30.9 Å². The van der Waals surface area contributed by atoms with Gasteiger partial charge in [0.25, 0.3) is 0 Å². The summed E-state index contributed by atoms with van der Waals surface area (Å²) >= 11 is 0. The van der Waals surface area contributed by atoms with Crippen LogP contribution in [0.1, 0.15) is 44.4 Å². The van der Waals surface area contributed by atoms with Crippen molar-refractivity contribution < 1.29 is 32.6 Å². The standard InChI is InChI=1S/C25H30F2N2O5/c1-4-32-22-11-16-9-10-29(15-24(30)28-20-12-17(26)7-8-19(20)27)21(14-25(31)34-6-3)18(16)13-23(22)33-5-2/h7-8,11-13,21H,4-6,9-10,14-15H2,1-3H3,(H,28,30)/t21-/m0/s1. The Morgan fingerprint density at radius 1 is 1.03 bits per heavy atom. The Morgan fingerprint density at radius 3 is 2.41 bits per heavy atom.